The van der Waals surface area contributed by atoms with Gasteiger partial charge in [-0.3, -0.25) is 9.36 Å². The summed E-state index contributed by atoms with van der Waals surface area (Å²) in [4.78, 5) is 22.2. The molecule has 0 fully saturated rings. The van der Waals surface area contributed by atoms with Gasteiger partial charge in [0.2, 0.25) is 11.7 Å². The number of thiophene rings is 1. The van der Waals surface area contributed by atoms with E-state index in [1.165, 1.54) is 35.2 Å². The Morgan fingerprint density at radius 1 is 1.06 bits per heavy atom. The van der Waals surface area contributed by atoms with Gasteiger partial charge in [-0.1, -0.05) is 34.6 Å². The van der Waals surface area contributed by atoms with Crippen LogP contribution in [-0.4, -0.2) is 19.7 Å². The molecule has 0 atom stereocenters. The third-order valence-electron chi connectivity index (χ3n) is 4.64. The Bertz CT molecular complexity index is 1420. The zero-order chi connectivity index (χ0) is 21.4. The lowest BCUT2D eigenvalue weighted by atomic mass is 10.2. The molecule has 0 aliphatic rings. The molecule has 0 aliphatic heterocycles. The fraction of sp³-hybridized carbons (Fsp3) is 0.0909. The van der Waals surface area contributed by atoms with Crippen molar-refractivity contribution in [3.8, 4) is 17.1 Å². The summed E-state index contributed by atoms with van der Waals surface area (Å²) in [5, 5.41) is 6.37. The number of aromatic nitrogens is 4. The van der Waals surface area contributed by atoms with Crippen molar-refractivity contribution in [2.24, 2.45) is 0 Å². The molecule has 0 aliphatic carbocycles. The van der Waals surface area contributed by atoms with E-state index in [0.717, 1.165) is 11.3 Å². The van der Waals surface area contributed by atoms with E-state index in [1.807, 2.05) is 42.6 Å². The van der Waals surface area contributed by atoms with E-state index in [0.29, 0.717) is 38.4 Å². The molecular weight excluding hydrogens is 435 g/mol. The van der Waals surface area contributed by atoms with E-state index < -0.39 is 0 Å². The minimum atomic E-state index is -0.327. The number of hydrogen-bond donors (Lipinski definition) is 0. The number of benzene rings is 2. The molecule has 0 unspecified atom stereocenters. The van der Waals surface area contributed by atoms with Crippen molar-refractivity contribution < 1.29 is 8.91 Å². The van der Waals surface area contributed by atoms with Crippen molar-refractivity contribution in [2.45, 2.75) is 17.8 Å². The van der Waals surface area contributed by atoms with Crippen molar-refractivity contribution >= 4 is 33.3 Å². The SMILES string of the molecule is Cc1ccc(-n2c(SCc3nc(-c4ccc(F)cc4)no3)nc3ccsc3c2=O)cc1. The number of fused-ring (bicyclic) bond motifs is 1. The Hall–Kier alpha value is -3.30. The van der Waals surface area contributed by atoms with Crippen LogP contribution in [0.3, 0.4) is 0 Å². The van der Waals surface area contributed by atoms with Crippen molar-refractivity contribution in [3.63, 3.8) is 0 Å². The normalized spacial score (nSPS) is 11.3. The second kappa shape index (κ2) is 8.09. The monoisotopic (exact) mass is 450 g/mol. The predicted octanol–water partition coefficient (Wildman–Crippen LogP) is 5.24. The van der Waals surface area contributed by atoms with Crippen LogP contribution in [0, 0.1) is 12.7 Å². The molecule has 154 valence electrons. The maximum Gasteiger partial charge on any atom is 0.276 e. The maximum atomic E-state index is 13.2. The standard InChI is InChI=1S/C22H15FN4O2S2/c1-13-2-8-16(9-3-13)27-21(28)19-17(10-11-30-19)24-22(27)31-12-18-25-20(26-29-18)14-4-6-15(23)7-5-14/h2-11H,12H2,1H3. The predicted molar refractivity (Wildman–Crippen MR) is 119 cm³/mol. The molecular formula is C22H15FN4O2S2. The zero-order valence-corrected chi connectivity index (χ0v) is 17.9. The molecule has 31 heavy (non-hydrogen) atoms. The fourth-order valence-corrected chi connectivity index (χ4v) is 4.68. The highest BCUT2D eigenvalue weighted by atomic mass is 32.2. The van der Waals surface area contributed by atoms with Crippen molar-refractivity contribution in [1.82, 2.24) is 19.7 Å². The summed E-state index contributed by atoms with van der Waals surface area (Å²) >= 11 is 2.72. The lowest BCUT2D eigenvalue weighted by Gasteiger charge is -2.11. The van der Waals surface area contributed by atoms with E-state index in [1.54, 1.807) is 16.7 Å². The molecule has 0 saturated carbocycles. The Labute approximate surface area is 184 Å². The van der Waals surface area contributed by atoms with Gasteiger partial charge >= 0.3 is 0 Å². The number of thioether (sulfide) groups is 1. The van der Waals surface area contributed by atoms with Gasteiger partial charge in [-0.25, -0.2) is 9.37 Å². The fourth-order valence-electron chi connectivity index (χ4n) is 3.07. The second-order valence-corrected chi connectivity index (χ2v) is 8.67. The van der Waals surface area contributed by atoms with E-state index in [9.17, 15) is 9.18 Å². The van der Waals surface area contributed by atoms with Crippen LogP contribution in [-0.2, 0) is 5.75 Å². The lowest BCUT2D eigenvalue weighted by molar-refractivity contribution is 0.391. The van der Waals surface area contributed by atoms with Crippen LogP contribution in [0.2, 0.25) is 0 Å². The van der Waals surface area contributed by atoms with Crippen molar-refractivity contribution in [1.29, 1.82) is 0 Å². The van der Waals surface area contributed by atoms with E-state index in [4.69, 9.17) is 4.52 Å². The average Bonchev–Trinajstić information content (AvgIpc) is 3.44. The van der Waals surface area contributed by atoms with Crippen LogP contribution < -0.4 is 5.56 Å². The molecule has 3 aromatic heterocycles. The van der Waals surface area contributed by atoms with Gasteiger partial charge in [0.05, 0.1) is 17.0 Å². The molecule has 0 saturated heterocycles. The number of halogens is 1. The molecule has 6 nitrogen and oxygen atoms in total. The lowest BCUT2D eigenvalue weighted by Crippen LogP contribution is -2.20. The Balaban J connectivity index is 1.48. The van der Waals surface area contributed by atoms with E-state index in [-0.39, 0.29) is 11.4 Å². The number of aryl methyl sites for hydroxylation is 1. The van der Waals surface area contributed by atoms with E-state index in [2.05, 4.69) is 15.1 Å². The summed E-state index contributed by atoms with van der Waals surface area (Å²) in [5.41, 5.74) is 3.08. The first-order valence-electron chi connectivity index (χ1n) is 9.37. The molecule has 5 aromatic rings. The van der Waals surface area contributed by atoms with Crippen LogP contribution in [0.15, 0.2) is 74.5 Å². The third kappa shape index (κ3) is 3.89. The molecule has 0 bridgehead atoms. The molecule has 0 amide bonds. The number of rotatable bonds is 5. The Morgan fingerprint density at radius 3 is 2.61 bits per heavy atom. The number of hydrogen-bond acceptors (Lipinski definition) is 7. The number of nitrogens with zero attached hydrogens (tertiary/aromatic N) is 4. The summed E-state index contributed by atoms with van der Waals surface area (Å²) in [6.07, 6.45) is 0. The topological polar surface area (TPSA) is 73.8 Å². The van der Waals surface area contributed by atoms with Crippen LogP contribution in [0.4, 0.5) is 4.39 Å². The van der Waals surface area contributed by atoms with Crippen LogP contribution in [0.1, 0.15) is 11.5 Å². The quantitative estimate of drug-likeness (QED) is 0.269. The van der Waals surface area contributed by atoms with Gasteiger partial charge < -0.3 is 4.52 Å². The van der Waals surface area contributed by atoms with Gasteiger partial charge in [0, 0.05) is 5.56 Å². The van der Waals surface area contributed by atoms with Crippen molar-refractivity contribution in [3.05, 3.63) is 87.6 Å². The molecule has 2 aromatic carbocycles. The summed E-state index contributed by atoms with van der Waals surface area (Å²) in [6.45, 7) is 2.00. The summed E-state index contributed by atoms with van der Waals surface area (Å²) in [7, 11) is 0. The summed E-state index contributed by atoms with van der Waals surface area (Å²) in [6, 6.07) is 15.5. The van der Waals surface area contributed by atoms with Gasteiger partial charge in [-0.15, -0.1) is 11.3 Å². The first-order valence-corrected chi connectivity index (χ1v) is 11.2. The van der Waals surface area contributed by atoms with Gasteiger partial charge in [-0.05, 0) is 54.8 Å². The van der Waals surface area contributed by atoms with Gasteiger partial charge in [0.1, 0.15) is 10.5 Å². The Morgan fingerprint density at radius 2 is 1.84 bits per heavy atom. The smallest absolute Gasteiger partial charge is 0.276 e. The maximum absolute atomic E-state index is 13.2. The van der Waals surface area contributed by atoms with Gasteiger partial charge in [-0.2, -0.15) is 4.98 Å². The van der Waals surface area contributed by atoms with E-state index >= 15 is 0 Å². The largest absolute Gasteiger partial charge is 0.338 e. The molecule has 9 heteroatoms. The molecule has 5 rings (SSSR count). The first-order chi connectivity index (χ1) is 15.1. The van der Waals surface area contributed by atoms with Gasteiger partial charge in [0.25, 0.3) is 5.56 Å². The second-order valence-electron chi connectivity index (χ2n) is 6.81. The summed E-state index contributed by atoms with van der Waals surface area (Å²) in [5.74, 6) is 0.779. The summed E-state index contributed by atoms with van der Waals surface area (Å²) < 4.78 is 20.7. The highest BCUT2D eigenvalue weighted by molar-refractivity contribution is 7.98. The van der Waals surface area contributed by atoms with Crippen LogP contribution in [0.25, 0.3) is 27.3 Å². The van der Waals surface area contributed by atoms with Gasteiger partial charge in [0.15, 0.2) is 5.16 Å². The highest BCUT2D eigenvalue weighted by Gasteiger charge is 2.16. The van der Waals surface area contributed by atoms with Crippen molar-refractivity contribution in [2.75, 3.05) is 0 Å². The molecule has 0 N–H and O–H groups in total. The third-order valence-corrected chi connectivity index (χ3v) is 6.45. The highest BCUT2D eigenvalue weighted by Crippen LogP contribution is 2.27. The molecule has 0 radical (unpaired) electrons. The average molecular weight is 451 g/mol. The Kier molecular flexibility index (Phi) is 5.13. The molecule has 0 spiro atoms. The first kappa shape index (κ1) is 19.7. The van der Waals surface area contributed by atoms with Crippen LogP contribution >= 0.6 is 23.1 Å². The zero-order valence-electron chi connectivity index (χ0n) is 16.3. The minimum absolute atomic E-state index is 0.108. The minimum Gasteiger partial charge on any atom is -0.338 e. The van der Waals surface area contributed by atoms with Crippen LogP contribution in [0.5, 0.6) is 0 Å². The molecule has 3 heterocycles.